The van der Waals surface area contributed by atoms with Crippen LogP contribution in [-0.2, 0) is 16.0 Å². The van der Waals surface area contributed by atoms with Crippen LogP contribution >= 0.6 is 0 Å². The molecule has 2 N–H and O–H groups in total. The molecule has 0 aliphatic carbocycles. The van der Waals surface area contributed by atoms with Gasteiger partial charge in [0.15, 0.2) is 6.61 Å². The Morgan fingerprint density at radius 1 is 1.21 bits per heavy atom. The number of carbonyl (C=O) groups is 2. The van der Waals surface area contributed by atoms with Gasteiger partial charge in [-0.3, -0.25) is 4.79 Å². The van der Waals surface area contributed by atoms with Gasteiger partial charge in [0, 0.05) is 44.5 Å². The standard InChI is InChI=1S/C28H34FN3O6/c1-27(2,3)38-26(34)30-20(16-35-22-5-4-6-23-25(22)31-24(33)17-36-23)15-32-11-9-28(10-12-32)14-18-13-19(29)7-8-21(18)37-28/h4-8,13,20H,9-12,14-17H2,1-3H3,(H,30,34)(H,31,33)/t20-/m0/s1. The molecular weight excluding hydrogens is 493 g/mol. The molecule has 5 rings (SSSR count). The topological polar surface area (TPSA) is 98.4 Å². The van der Waals surface area contributed by atoms with Crippen LogP contribution < -0.4 is 24.8 Å². The summed E-state index contributed by atoms with van der Waals surface area (Å²) in [6.45, 7) is 7.61. The first-order valence-electron chi connectivity index (χ1n) is 13.0. The normalized spacial score (nSPS) is 18.9. The minimum absolute atomic E-state index is 0.0422. The summed E-state index contributed by atoms with van der Waals surface area (Å²) >= 11 is 0. The van der Waals surface area contributed by atoms with Gasteiger partial charge in [-0.1, -0.05) is 6.07 Å². The van der Waals surface area contributed by atoms with E-state index in [9.17, 15) is 14.0 Å². The number of likely N-dealkylation sites (tertiary alicyclic amines) is 1. The SMILES string of the molecule is CC(C)(C)OC(=O)N[C@H](COc1cccc2c1NC(=O)CO2)CN1CCC2(CC1)Cc1cc(F)ccc1O2. The maximum absolute atomic E-state index is 13.7. The van der Waals surface area contributed by atoms with Crippen molar-refractivity contribution in [2.24, 2.45) is 0 Å². The Morgan fingerprint density at radius 3 is 2.76 bits per heavy atom. The first-order chi connectivity index (χ1) is 18.1. The van der Waals surface area contributed by atoms with Crippen LogP contribution in [-0.4, -0.2) is 67.0 Å². The molecule has 0 aromatic heterocycles. The van der Waals surface area contributed by atoms with Crippen molar-refractivity contribution in [2.75, 3.05) is 38.2 Å². The number of hydrogen-bond acceptors (Lipinski definition) is 7. The number of anilines is 1. The maximum Gasteiger partial charge on any atom is 0.408 e. The lowest BCUT2D eigenvalue weighted by Gasteiger charge is -2.40. The van der Waals surface area contributed by atoms with E-state index in [4.69, 9.17) is 18.9 Å². The second-order valence-corrected chi connectivity index (χ2v) is 11.1. The summed E-state index contributed by atoms with van der Waals surface area (Å²) in [5.41, 5.74) is 0.438. The number of piperidine rings is 1. The van der Waals surface area contributed by atoms with Gasteiger partial charge in [-0.2, -0.15) is 0 Å². The van der Waals surface area contributed by atoms with Crippen molar-refractivity contribution in [3.05, 3.63) is 47.8 Å². The van der Waals surface area contributed by atoms with Gasteiger partial charge in [0.1, 0.15) is 46.6 Å². The van der Waals surface area contributed by atoms with Crippen molar-refractivity contribution in [3.63, 3.8) is 0 Å². The van der Waals surface area contributed by atoms with Gasteiger partial charge in [-0.15, -0.1) is 0 Å². The Balaban J connectivity index is 1.23. The first-order valence-corrected chi connectivity index (χ1v) is 13.0. The third-order valence-electron chi connectivity index (χ3n) is 6.88. The van der Waals surface area contributed by atoms with Crippen LogP contribution in [0.4, 0.5) is 14.9 Å². The molecule has 3 aliphatic rings. The number of alkyl carbamates (subject to hydrolysis) is 1. The largest absolute Gasteiger partial charge is 0.489 e. The van der Waals surface area contributed by atoms with Crippen molar-refractivity contribution >= 4 is 17.7 Å². The number of halogens is 1. The van der Waals surface area contributed by atoms with Crippen molar-refractivity contribution < 1.29 is 32.9 Å². The molecule has 1 fully saturated rings. The predicted molar refractivity (Wildman–Crippen MR) is 138 cm³/mol. The van der Waals surface area contributed by atoms with E-state index in [2.05, 4.69) is 15.5 Å². The van der Waals surface area contributed by atoms with Crippen LogP contribution in [0.5, 0.6) is 17.2 Å². The molecule has 0 bridgehead atoms. The monoisotopic (exact) mass is 527 g/mol. The zero-order valence-electron chi connectivity index (χ0n) is 22.0. The molecule has 204 valence electrons. The minimum atomic E-state index is -0.637. The fourth-order valence-electron chi connectivity index (χ4n) is 5.13. The van der Waals surface area contributed by atoms with Crippen LogP contribution in [0.3, 0.4) is 0 Å². The van der Waals surface area contributed by atoms with E-state index in [1.807, 2.05) is 20.8 Å². The Labute approximate surface area is 221 Å². The van der Waals surface area contributed by atoms with Crippen LogP contribution in [0.15, 0.2) is 36.4 Å². The van der Waals surface area contributed by atoms with E-state index in [1.54, 1.807) is 30.3 Å². The highest BCUT2D eigenvalue weighted by molar-refractivity contribution is 5.97. The van der Waals surface area contributed by atoms with E-state index in [0.717, 1.165) is 37.2 Å². The highest BCUT2D eigenvalue weighted by atomic mass is 19.1. The summed E-state index contributed by atoms with van der Waals surface area (Å²) in [7, 11) is 0. The fraction of sp³-hybridized carbons (Fsp3) is 0.500. The van der Waals surface area contributed by atoms with Crippen molar-refractivity contribution in [1.82, 2.24) is 10.2 Å². The average molecular weight is 528 g/mol. The lowest BCUT2D eigenvalue weighted by Crippen LogP contribution is -2.53. The Kier molecular flexibility index (Phi) is 7.09. The van der Waals surface area contributed by atoms with E-state index < -0.39 is 11.7 Å². The van der Waals surface area contributed by atoms with Crippen LogP contribution in [0, 0.1) is 5.82 Å². The molecule has 1 atom stereocenters. The number of nitrogens with one attached hydrogen (secondary N) is 2. The minimum Gasteiger partial charge on any atom is -0.489 e. The number of carbonyl (C=O) groups excluding carboxylic acids is 2. The van der Waals surface area contributed by atoms with Gasteiger partial charge in [-0.05, 0) is 51.1 Å². The molecule has 38 heavy (non-hydrogen) atoms. The zero-order chi connectivity index (χ0) is 26.9. The molecule has 1 saturated heterocycles. The van der Waals surface area contributed by atoms with E-state index in [1.165, 1.54) is 6.07 Å². The Bertz CT molecular complexity index is 1210. The van der Waals surface area contributed by atoms with Gasteiger partial charge in [0.2, 0.25) is 0 Å². The molecule has 10 heteroatoms. The highest BCUT2D eigenvalue weighted by Gasteiger charge is 2.42. The second-order valence-electron chi connectivity index (χ2n) is 11.1. The lowest BCUT2D eigenvalue weighted by molar-refractivity contribution is -0.118. The number of rotatable bonds is 6. The van der Waals surface area contributed by atoms with Gasteiger partial charge >= 0.3 is 6.09 Å². The van der Waals surface area contributed by atoms with Gasteiger partial charge in [-0.25, -0.2) is 9.18 Å². The number of fused-ring (bicyclic) bond motifs is 2. The Hall–Kier alpha value is -3.53. The predicted octanol–water partition coefficient (Wildman–Crippen LogP) is 3.90. The summed E-state index contributed by atoms with van der Waals surface area (Å²) in [6.07, 6.45) is 1.75. The molecule has 2 aromatic rings. The number of nitrogens with zero attached hydrogens (tertiary/aromatic N) is 1. The lowest BCUT2D eigenvalue weighted by atomic mass is 9.87. The second kappa shape index (κ2) is 10.3. The zero-order valence-corrected chi connectivity index (χ0v) is 22.0. The van der Waals surface area contributed by atoms with Gasteiger partial charge in [0.25, 0.3) is 5.91 Å². The third kappa shape index (κ3) is 6.12. The van der Waals surface area contributed by atoms with Crippen LogP contribution in [0.25, 0.3) is 0 Å². The summed E-state index contributed by atoms with van der Waals surface area (Å²) in [5, 5.41) is 5.74. The summed E-state index contributed by atoms with van der Waals surface area (Å²) < 4.78 is 37.0. The third-order valence-corrected chi connectivity index (χ3v) is 6.88. The molecule has 3 heterocycles. The number of amides is 2. The average Bonchev–Trinajstić information content (AvgIpc) is 3.19. The number of ether oxygens (including phenoxy) is 4. The number of benzene rings is 2. The molecule has 1 spiro atoms. The fourth-order valence-corrected chi connectivity index (χ4v) is 5.13. The van der Waals surface area contributed by atoms with Crippen molar-refractivity contribution in [2.45, 2.75) is 57.3 Å². The Morgan fingerprint density at radius 2 is 2.00 bits per heavy atom. The summed E-state index contributed by atoms with van der Waals surface area (Å²) in [4.78, 5) is 26.7. The quantitative estimate of drug-likeness (QED) is 0.588. The molecule has 2 aromatic carbocycles. The number of hydrogen-bond donors (Lipinski definition) is 2. The van der Waals surface area contributed by atoms with E-state index in [-0.39, 0.29) is 36.6 Å². The van der Waals surface area contributed by atoms with Crippen molar-refractivity contribution in [3.8, 4) is 17.2 Å². The van der Waals surface area contributed by atoms with E-state index >= 15 is 0 Å². The molecule has 2 amide bonds. The molecule has 3 aliphatic heterocycles. The maximum atomic E-state index is 13.7. The van der Waals surface area contributed by atoms with Crippen molar-refractivity contribution in [1.29, 1.82) is 0 Å². The molecular formula is C28H34FN3O6. The molecule has 9 nitrogen and oxygen atoms in total. The molecule has 0 saturated carbocycles. The number of para-hydroxylation sites is 1. The van der Waals surface area contributed by atoms with Crippen LogP contribution in [0.2, 0.25) is 0 Å². The first kappa shape index (κ1) is 26.1. The molecule has 0 unspecified atom stereocenters. The summed E-state index contributed by atoms with van der Waals surface area (Å²) in [5.74, 6) is 1.27. The highest BCUT2D eigenvalue weighted by Crippen LogP contribution is 2.41. The van der Waals surface area contributed by atoms with Gasteiger partial charge < -0.3 is 34.5 Å². The van der Waals surface area contributed by atoms with E-state index in [0.29, 0.717) is 30.2 Å². The van der Waals surface area contributed by atoms with Crippen LogP contribution in [0.1, 0.15) is 39.2 Å². The summed E-state index contributed by atoms with van der Waals surface area (Å²) in [6, 6.07) is 9.62. The molecule has 0 radical (unpaired) electrons. The van der Waals surface area contributed by atoms with Gasteiger partial charge in [0.05, 0.1) is 6.04 Å². The smallest absolute Gasteiger partial charge is 0.408 e.